The van der Waals surface area contributed by atoms with E-state index in [2.05, 4.69) is 20.3 Å². The Labute approximate surface area is 174 Å². The molecule has 1 heterocycles. The number of carbonyl (C=O) groups excluding carboxylic acids is 1. The molecule has 0 aliphatic carbocycles. The van der Waals surface area contributed by atoms with Crippen LogP contribution in [0.5, 0.6) is 5.75 Å². The van der Waals surface area contributed by atoms with Gasteiger partial charge in [0.1, 0.15) is 5.75 Å². The van der Waals surface area contributed by atoms with Crippen LogP contribution in [0, 0.1) is 0 Å². The maximum Gasteiger partial charge on any atom is 0.387 e. The van der Waals surface area contributed by atoms with Gasteiger partial charge < -0.3 is 15.9 Å². The fourth-order valence-electron chi connectivity index (χ4n) is 2.33. The van der Waals surface area contributed by atoms with Crippen molar-refractivity contribution in [3.63, 3.8) is 0 Å². The van der Waals surface area contributed by atoms with Crippen LogP contribution in [0.2, 0.25) is 5.02 Å². The van der Waals surface area contributed by atoms with Gasteiger partial charge in [0.25, 0.3) is 0 Å². The first-order valence-electron chi connectivity index (χ1n) is 8.32. The van der Waals surface area contributed by atoms with Crippen LogP contribution in [-0.2, 0) is 4.79 Å². The molecule has 3 aromatic rings. The average molecular weight is 440 g/mol. The molecule has 0 radical (unpaired) electrons. The number of nitrogens with zero attached hydrogens (tertiary/aromatic N) is 3. The second-order valence-electron chi connectivity index (χ2n) is 5.84. The molecule has 1 aromatic heterocycles. The molecule has 0 spiro atoms. The van der Waals surface area contributed by atoms with E-state index in [9.17, 15) is 13.6 Å². The van der Waals surface area contributed by atoms with Crippen molar-refractivity contribution in [2.75, 3.05) is 11.2 Å². The molecular formula is C18H16ClF2N5O2S. The quantitative estimate of drug-likeness (QED) is 0.426. The van der Waals surface area contributed by atoms with Gasteiger partial charge in [-0.15, -0.1) is 10.2 Å². The molecule has 11 heteroatoms. The van der Waals surface area contributed by atoms with Gasteiger partial charge in [-0.25, -0.2) is 4.68 Å². The van der Waals surface area contributed by atoms with Crippen molar-refractivity contribution in [1.82, 2.24) is 14.9 Å². The highest BCUT2D eigenvalue weighted by atomic mass is 35.5. The predicted octanol–water partition coefficient (Wildman–Crippen LogP) is 4.03. The maximum absolute atomic E-state index is 12.4. The van der Waals surface area contributed by atoms with Gasteiger partial charge in [0.15, 0.2) is 5.82 Å². The van der Waals surface area contributed by atoms with E-state index in [1.54, 1.807) is 31.2 Å². The molecule has 0 unspecified atom stereocenters. The van der Waals surface area contributed by atoms with Crippen molar-refractivity contribution in [2.24, 2.45) is 0 Å². The Morgan fingerprint density at radius 1 is 1.17 bits per heavy atom. The number of alkyl halides is 2. The molecule has 3 rings (SSSR count). The lowest BCUT2D eigenvalue weighted by Crippen LogP contribution is -2.23. The largest absolute Gasteiger partial charge is 0.435 e. The zero-order valence-corrected chi connectivity index (χ0v) is 16.6. The van der Waals surface area contributed by atoms with Crippen LogP contribution in [0.15, 0.2) is 53.7 Å². The summed E-state index contributed by atoms with van der Waals surface area (Å²) in [6.45, 7) is -1.19. The number of hydrogen-bond donors (Lipinski definition) is 2. The number of thioether (sulfide) groups is 1. The third kappa shape index (κ3) is 5.36. The molecule has 1 atom stereocenters. The molecule has 0 saturated carbocycles. The Kier molecular flexibility index (Phi) is 6.55. The molecule has 29 heavy (non-hydrogen) atoms. The Hall–Kier alpha value is -2.85. The summed E-state index contributed by atoms with van der Waals surface area (Å²) in [6, 6.07) is 12.6. The summed E-state index contributed by atoms with van der Waals surface area (Å²) in [5, 5.41) is 11.2. The lowest BCUT2D eigenvalue weighted by atomic mass is 10.2. The molecule has 0 aliphatic heterocycles. The molecule has 0 saturated heterocycles. The average Bonchev–Trinajstić information content (AvgIpc) is 3.04. The van der Waals surface area contributed by atoms with E-state index in [4.69, 9.17) is 17.4 Å². The van der Waals surface area contributed by atoms with Gasteiger partial charge in [0, 0.05) is 16.3 Å². The summed E-state index contributed by atoms with van der Waals surface area (Å²) in [7, 11) is 0. The van der Waals surface area contributed by atoms with Crippen molar-refractivity contribution < 1.29 is 18.3 Å². The summed E-state index contributed by atoms with van der Waals surface area (Å²) >= 11 is 6.96. The number of benzene rings is 2. The fourth-order valence-corrected chi connectivity index (χ4v) is 3.22. The molecule has 1 amide bonds. The van der Waals surface area contributed by atoms with E-state index in [0.717, 1.165) is 11.8 Å². The number of nitrogens with one attached hydrogen (secondary N) is 1. The Bertz CT molecular complexity index is 983. The van der Waals surface area contributed by atoms with Crippen LogP contribution in [-0.4, -0.2) is 32.6 Å². The molecule has 152 valence electrons. The zero-order chi connectivity index (χ0) is 21.0. The maximum atomic E-state index is 12.4. The minimum atomic E-state index is -2.90. The van der Waals surface area contributed by atoms with E-state index >= 15 is 0 Å². The molecule has 3 N–H and O–H groups in total. The molecule has 0 bridgehead atoms. The van der Waals surface area contributed by atoms with Crippen molar-refractivity contribution >= 4 is 35.0 Å². The van der Waals surface area contributed by atoms with Crippen LogP contribution in [0.4, 0.5) is 14.5 Å². The standard InChI is InChI=1S/C18H16ClF2N5O2S/c1-10(16(27)23-13-6-4-12(19)5-7-13)29-18-25-24-15(26(18)22)11-2-8-14(9-3-11)28-17(20)21/h2-10,17H,22H2,1H3,(H,23,27)/t10-/m0/s1. The smallest absolute Gasteiger partial charge is 0.387 e. The van der Waals surface area contributed by atoms with Gasteiger partial charge in [-0.3, -0.25) is 4.79 Å². The first kappa shape index (κ1) is 20.9. The number of anilines is 1. The number of ether oxygens (including phenoxy) is 1. The van der Waals surface area contributed by atoms with Gasteiger partial charge >= 0.3 is 6.61 Å². The van der Waals surface area contributed by atoms with E-state index < -0.39 is 11.9 Å². The topological polar surface area (TPSA) is 95.1 Å². The number of nitrogens with two attached hydrogens (primary N) is 1. The normalized spacial score (nSPS) is 12.0. The van der Waals surface area contributed by atoms with E-state index in [1.165, 1.54) is 28.9 Å². The van der Waals surface area contributed by atoms with Gasteiger partial charge in [0.2, 0.25) is 11.1 Å². The number of aromatic nitrogens is 3. The molecule has 2 aromatic carbocycles. The van der Waals surface area contributed by atoms with Gasteiger partial charge in [-0.1, -0.05) is 23.4 Å². The first-order valence-corrected chi connectivity index (χ1v) is 9.58. The van der Waals surface area contributed by atoms with Crippen molar-refractivity contribution in [1.29, 1.82) is 0 Å². The monoisotopic (exact) mass is 439 g/mol. The fraction of sp³-hybridized carbons (Fsp3) is 0.167. The van der Waals surface area contributed by atoms with E-state index in [1.807, 2.05) is 0 Å². The molecule has 7 nitrogen and oxygen atoms in total. The number of nitrogen functional groups attached to an aromatic ring is 1. The van der Waals surface area contributed by atoms with Gasteiger partial charge in [-0.2, -0.15) is 8.78 Å². The van der Waals surface area contributed by atoms with Crippen LogP contribution < -0.4 is 15.9 Å². The third-order valence-electron chi connectivity index (χ3n) is 3.77. The minimum Gasteiger partial charge on any atom is -0.435 e. The van der Waals surface area contributed by atoms with E-state index in [0.29, 0.717) is 27.3 Å². The second kappa shape index (κ2) is 9.10. The van der Waals surface area contributed by atoms with Crippen molar-refractivity contribution in [2.45, 2.75) is 23.9 Å². The van der Waals surface area contributed by atoms with Crippen LogP contribution in [0.3, 0.4) is 0 Å². The third-order valence-corrected chi connectivity index (χ3v) is 5.07. The van der Waals surface area contributed by atoms with Crippen molar-refractivity contribution in [3.05, 3.63) is 53.6 Å². The SMILES string of the molecule is C[C@H](Sc1nnc(-c2ccc(OC(F)F)cc2)n1N)C(=O)Nc1ccc(Cl)cc1. The number of rotatable bonds is 7. The molecule has 0 fully saturated rings. The highest BCUT2D eigenvalue weighted by molar-refractivity contribution is 8.00. The number of hydrogen-bond acceptors (Lipinski definition) is 6. The lowest BCUT2D eigenvalue weighted by Gasteiger charge is -2.11. The highest BCUT2D eigenvalue weighted by Crippen LogP contribution is 2.27. The lowest BCUT2D eigenvalue weighted by molar-refractivity contribution is -0.115. The van der Waals surface area contributed by atoms with Crippen LogP contribution >= 0.6 is 23.4 Å². The molecule has 0 aliphatic rings. The van der Waals surface area contributed by atoms with Gasteiger partial charge in [0.05, 0.1) is 5.25 Å². The molecular weight excluding hydrogens is 424 g/mol. The predicted molar refractivity (Wildman–Crippen MR) is 108 cm³/mol. The summed E-state index contributed by atoms with van der Waals surface area (Å²) in [6.07, 6.45) is 0. The number of carbonyl (C=O) groups is 1. The van der Waals surface area contributed by atoms with Crippen LogP contribution in [0.1, 0.15) is 6.92 Å². The summed E-state index contributed by atoms with van der Waals surface area (Å²) in [5.41, 5.74) is 1.18. The summed E-state index contributed by atoms with van der Waals surface area (Å²) in [4.78, 5) is 12.4. The second-order valence-corrected chi connectivity index (χ2v) is 7.58. The van der Waals surface area contributed by atoms with Gasteiger partial charge in [-0.05, 0) is 55.5 Å². The first-order chi connectivity index (χ1) is 13.8. The number of halogens is 3. The zero-order valence-electron chi connectivity index (χ0n) is 15.1. The number of amides is 1. The minimum absolute atomic E-state index is 0.0222. The Balaban J connectivity index is 1.67. The summed E-state index contributed by atoms with van der Waals surface area (Å²) in [5.74, 6) is 6.15. The van der Waals surface area contributed by atoms with E-state index in [-0.39, 0.29) is 11.7 Å². The summed E-state index contributed by atoms with van der Waals surface area (Å²) < 4.78 is 30.0. The Morgan fingerprint density at radius 2 is 1.83 bits per heavy atom. The Morgan fingerprint density at radius 3 is 2.45 bits per heavy atom. The highest BCUT2D eigenvalue weighted by Gasteiger charge is 2.20. The van der Waals surface area contributed by atoms with Crippen molar-refractivity contribution in [3.8, 4) is 17.1 Å². The van der Waals surface area contributed by atoms with Crippen LogP contribution in [0.25, 0.3) is 11.4 Å².